The Balaban J connectivity index is 1.70. The van der Waals surface area contributed by atoms with Crippen molar-refractivity contribution < 1.29 is 14.7 Å². The molecule has 184 valence electrons. The second kappa shape index (κ2) is 11.1. The van der Waals surface area contributed by atoms with E-state index < -0.39 is 12.0 Å². The number of nitrogens with two attached hydrogens (primary N) is 1. The SMILES string of the molecule is Cc1ncsc1-c1ccc(C(C)NC(=O)C2CCCN2C(=O)C(/C(O)=C/C(C)N)C(C)C)cc1. The number of thiazole rings is 1. The number of likely N-dealkylation sites (tertiary alicyclic amines) is 1. The van der Waals surface area contributed by atoms with Crippen molar-refractivity contribution in [1.82, 2.24) is 15.2 Å². The maximum absolute atomic E-state index is 13.4. The number of carbonyl (C=O) groups excluding carboxylic acids is 2. The first kappa shape index (κ1) is 25.9. The molecular weight excluding hydrogens is 448 g/mol. The second-order valence-electron chi connectivity index (χ2n) is 9.48. The van der Waals surface area contributed by atoms with E-state index in [-0.39, 0.29) is 35.6 Å². The Morgan fingerprint density at radius 2 is 1.91 bits per heavy atom. The van der Waals surface area contributed by atoms with E-state index in [2.05, 4.69) is 10.3 Å². The van der Waals surface area contributed by atoms with Crippen molar-refractivity contribution in [3.8, 4) is 10.4 Å². The zero-order valence-electron chi connectivity index (χ0n) is 20.6. The van der Waals surface area contributed by atoms with Gasteiger partial charge >= 0.3 is 0 Å². The van der Waals surface area contributed by atoms with E-state index in [1.807, 2.05) is 57.5 Å². The standard InChI is InChI=1S/C26H36N4O3S/c1-15(2)23(22(31)13-16(3)27)26(33)30-12-6-7-21(30)25(32)29-17(4)19-8-10-20(11-9-19)24-18(5)28-14-34-24/h8-11,13-17,21,23,31H,6-7,12,27H2,1-5H3,(H,29,32)/b22-13-. The van der Waals surface area contributed by atoms with Crippen molar-refractivity contribution in [2.75, 3.05) is 6.54 Å². The Hall–Kier alpha value is -2.71. The summed E-state index contributed by atoms with van der Waals surface area (Å²) >= 11 is 1.61. The summed E-state index contributed by atoms with van der Waals surface area (Å²) < 4.78 is 0. The van der Waals surface area contributed by atoms with Gasteiger partial charge in [0.25, 0.3) is 0 Å². The molecule has 4 atom stereocenters. The van der Waals surface area contributed by atoms with Gasteiger partial charge in [0, 0.05) is 12.6 Å². The van der Waals surface area contributed by atoms with Gasteiger partial charge in [-0.25, -0.2) is 4.98 Å². The number of hydrogen-bond donors (Lipinski definition) is 3. The number of hydrogen-bond acceptors (Lipinski definition) is 6. The summed E-state index contributed by atoms with van der Waals surface area (Å²) in [6.07, 6.45) is 2.87. The molecule has 1 saturated heterocycles. The third-order valence-corrected chi connectivity index (χ3v) is 7.28. The number of amides is 2. The minimum atomic E-state index is -0.709. The molecule has 1 aliphatic heterocycles. The van der Waals surface area contributed by atoms with Crippen LogP contribution in [-0.2, 0) is 9.59 Å². The van der Waals surface area contributed by atoms with Crippen molar-refractivity contribution in [3.05, 3.63) is 52.9 Å². The molecule has 1 aromatic carbocycles. The molecule has 4 unspecified atom stereocenters. The summed E-state index contributed by atoms with van der Waals surface area (Å²) in [4.78, 5) is 33.6. The zero-order valence-corrected chi connectivity index (χ0v) is 21.4. The largest absolute Gasteiger partial charge is 0.512 e. The Bertz CT molecular complexity index is 1030. The minimum absolute atomic E-state index is 0.0225. The topological polar surface area (TPSA) is 109 Å². The number of nitrogens with zero attached hydrogens (tertiary/aromatic N) is 2. The highest BCUT2D eigenvalue weighted by molar-refractivity contribution is 7.13. The number of aryl methyl sites for hydroxylation is 1. The molecular formula is C26H36N4O3S. The summed E-state index contributed by atoms with van der Waals surface area (Å²) in [5.74, 6) is -1.24. The molecule has 1 aromatic heterocycles. The van der Waals surface area contributed by atoms with Crippen LogP contribution in [0.5, 0.6) is 0 Å². The van der Waals surface area contributed by atoms with Crippen LogP contribution in [-0.4, -0.2) is 45.4 Å². The van der Waals surface area contributed by atoms with Gasteiger partial charge in [-0.2, -0.15) is 0 Å². The molecule has 4 N–H and O–H groups in total. The summed E-state index contributed by atoms with van der Waals surface area (Å²) in [5, 5.41) is 13.6. The van der Waals surface area contributed by atoms with E-state index in [0.717, 1.165) is 28.1 Å². The molecule has 8 heteroatoms. The van der Waals surface area contributed by atoms with Crippen LogP contribution in [0.15, 0.2) is 41.6 Å². The van der Waals surface area contributed by atoms with E-state index in [1.165, 1.54) is 6.08 Å². The number of aromatic nitrogens is 1. The highest BCUT2D eigenvalue weighted by atomic mass is 32.1. The number of rotatable bonds is 8. The lowest BCUT2D eigenvalue weighted by Crippen LogP contribution is -2.49. The van der Waals surface area contributed by atoms with Crippen molar-refractivity contribution in [2.45, 2.75) is 65.6 Å². The lowest BCUT2D eigenvalue weighted by atomic mass is 9.91. The van der Waals surface area contributed by atoms with Crippen LogP contribution in [0.1, 0.15) is 57.8 Å². The van der Waals surface area contributed by atoms with Crippen molar-refractivity contribution in [3.63, 3.8) is 0 Å². The van der Waals surface area contributed by atoms with Crippen LogP contribution in [0.3, 0.4) is 0 Å². The summed E-state index contributed by atoms with van der Waals surface area (Å²) in [7, 11) is 0. The molecule has 1 fully saturated rings. The van der Waals surface area contributed by atoms with Gasteiger partial charge < -0.3 is 21.1 Å². The Kier molecular flexibility index (Phi) is 8.49. The lowest BCUT2D eigenvalue weighted by Gasteiger charge is -2.30. The van der Waals surface area contributed by atoms with Crippen LogP contribution < -0.4 is 11.1 Å². The van der Waals surface area contributed by atoms with E-state index >= 15 is 0 Å². The molecule has 2 aromatic rings. The number of benzene rings is 1. The first-order valence-corrected chi connectivity index (χ1v) is 12.8. The fourth-order valence-electron chi connectivity index (χ4n) is 4.50. The van der Waals surface area contributed by atoms with Crippen LogP contribution in [0, 0.1) is 18.8 Å². The first-order valence-electron chi connectivity index (χ1n) is 11.9. The predicted octanol–water partition coefficient (Wildman–Crippen LogP) is 4.35. The van der Waals surface area contributed by atoms with Crippen LogP contribution >= 0.6 is 11.3 Å². The minimum Gasteiger partial charge on any atom is -0.512 e. The second-order valence-corrected chi connectivity index (χ2v) is 10.3. The van der Waals surface area contributed by atoms with Gasteiger partial charge in [-0.1, -0.05) is 38.1 Å². The van der Waals surface area contributed by atoms with E-state index in [0.29, 0.717) is 13.0 Å². The van der Waals surface area contributed by atoms with E-state index in [4.69, 9.17) is 5.73 Å². The maximum atomic E-state index is 13.4. The molecule has 0 spiro atoms. The van der Waals surface area contributed by atoms with Crippen molar-refractivity contribution in [1.29, 1.82) is 0 Å². The van der Waals surface area contributed by atoms with Gasteiger partial charge in [0.15, 0.2) is 0 Å². The number of nitrogens with one attached hydrogen (secondary N) is 1. The van der Waals surface area contributed by atoms with Gasteiger partial charge in [0.2, 0.25) is 11.8 Å². The van der Waals surface area contributed by atoms with Crippen molar-refractivity contribution in [2.24, 2.45) is 17.6 Å². The van der Waals surface area contributed by atoms with Crippen LogP contribution in [0.2, 0.25) is 0 Å². The van der Waals surface area contributed by atoms with E-state index in [9.17, 15) is 14.7 Å². The molecule has 0 bridgehead atoms. The Morgan fingerprint density at radius 3 is 2.47 bits per heavy atom. The van der Waals surface area contributed by atoms with Crippen LogP contribution in [0.25, 0.3) is 10.4 Å². The fraction of sp³-hybridized carbons (Fsp3) is 0.500. The number of carbonyl (C=O) groups is 2. The van der Waals surface area contributed by atoms with Gasteiger partial charge in [0.1, 0.15) is 11.8 Å². The van der Waals surface area contributed by atoms with Gasteiger partial charge in [-0.3, -0.25) is 9.59 Å². The third kappa shape index (κ3) is 5.85. The highest BCUT2D eigenvalue weighted by Crippen LogP contribution is 2.29. The normalized spacial score (nSPS) is 19.2. The zero-order chi connectivity index (χ0) is 25.0. The molecule has 1 aliphatic rings. The molecule has 0 radical (unpaired) electrons. The quantitative estimate of drug-likeness (QED) is 0.483. The number of aliphatic hydroxyl groups excluding tert-OH is 1. The summed E-state index contributed by atoms with van der Waals surface area (Å²) in [5.41, 5.74) is 10.7. The molecule has 0 saturated carbocycles. The molecule has 2 amide bonds. The third-order valence-electron chi connectivity index (χ3n) is 6.30. The maximum Gasteiger partial charge on any atom is 0.243 e. The number of aliphatic hydroxyl groups is 1. The van der Waals surface area contributed by atoms with Gasteiger partial charge in [0.05, 0.1) is 28.0 Å². The Morgan fingerprint density at radius 1 is 1.24 bits per heavy atom. The predicted molar refractivity (Wildman–Crippen MR) is 136 cm³/mol. The molecule has 7 nitrogen and oxygen atoms in total. The monoisotopic (exact) mass is 484 g/mol. The summed E-state index contributed by atoms with van der Waals surface area (Å²) in [6, 6.07) is 7.02. The first-order chi connectivity index (χ1) is 16.1. The lowest BCUT2D eigenvalue weighted by molar-refractivity contribution is -0.142. The smallest absolute Gasteiger partial charge is 0.243 e. The Labute approximate surface area is 206 Å². The molecule has 2 heterocycles. The molecule has 3 rings (SSSR count). The average Bonchev–Trinajstić information content (AvgIpc) is 3.42. The molecule has 34 heavy (non-hydrogen) atoms. The van der Waals surface area contributed by atoms with E-state index in [1.54, 1.807) is 23.2 Å². The van der Waals surface area contributed by atoms with Crippen LogP contribution in [0.4, 0.5) is 0 Å². The van der Waals surface area contributed by atoms with Crippen molar-refractivity contribution >= 4 is 23.2 Å². The summed E-state index contributed by atoms with van der Waals surface area (Å²) in [6.45, 7) is 9.96. The van der Waals surface area contributed by atoms with Gasteiger partial charge in [-0.15, -0.1) is 11.3 Å². The molecule has 0 aliphatic carbocycles. The fourth-order valence-corrected chi connectivity index (χ4v) is 5.31. The average molecular weight is 485 g/mol. The highest BCUT2D eigenvalue weighted by Gasteiger charge is 2.39. The van der Waals surface area contributed by atoms with Gasteiger partial charge in [-0.05, 0) is 56.7 Å².